The van der Waals surface area contributed by atoms with Crippen LogP contribution in [0.5, 0.6) is 0 Å². The van der Waals surface area contributed by atoms with Gasteiger partial charge in [0.2, 0.25) is 0 Å². The average molecular weight is 329 g/mol. The van der Waals surface area contributed by atoms with E-state index in [2.05, 4.69) is 15.6 Å². The molecule has 0 aliphatic carbocycles. The summed E-state index contributed by atoms with van der Waals surface area (Å²) in [6.07, 6.45) is 1.83. The van der Waals surface area contributed by atoms with Crippen molar-refractivity contribution >= 4 is 34.8 Å². The first-order chi connectivity index (χ1) is 10.3. The van der Waals surface area contributed by atoms with Gasteiger partial charge in [-0.25, -0.2) is 14.6 Å². The van der Waals surface area contributed by atoms with Crippen molar-refractivity contribution < 1.29 is 24.2 Å². The van der Waals surface area contributed by atoms with Crippen LogP contribution in [0.1, 0.15) is 36.9 Å². The Hall–Kier alpha value is -2.16. The van der Waals surface area contributed by atoms with Crippen LogP contribution in [0.25, 0.3) is 0 Å². The van der Waals surface area contributed by atoms with E-state index in [9.17, 15) is 14.4 Å². The third-order valence-corrected chi connectivity index (χ3v) is 3.79. The highest BCUT2D eigenvalue weighted by molar-refractivity contribution is 7.17. The summed E-state index contributed by atoms with van der Waals surface area (Å²) >= 11 is 1.09. The lowest BCUT2D eigenvalue weighted by atomic mass is 10.1. The summed E-state index contributed by atoms with van der Waals surface area (Å²) in [4.78, 5) is 37.8. The van der Waals surface area contributed by atoms with E-state index in [1.54, 1.807) is 13.8 Å². The normalized spacial score (nSPS) is 12.3. The number of ether oxygens (including phenoxy) is 1. The van der Waals surface area contributed by atoms with E-state index in [4.69, 9.17) is 9.84 Å². The van der Waals surface area contributed by atoms with E-state index in [1.165, 1.54) is 6.20 Å². The third-order valence-electron chi connectivity index (χ3n) is 2.91. The van der Waals surface area contributed by atoms with Crippen molar-refractivity contribution in [3.05, 3.63) is 11.1 Å². The largest absolute Gasteiger partial charge is 0.480 e. The van der Waals surface area contributed by atoms with Crippen LogP contribution < -0.4 is 10.6 Å². The number of rotatable bonds is 8. The predicted octanol–water partition coefficient (Wildman–Crippen LogP) is 1.74. The Balaban J connectivity index is 2.56. The molecular formula is C13H19N3O5S. The summed E-state index contributed by atoms with van der Waals surface area (Å²) in [7, 11) is 0. The number of aliphatic carboxylic acids is 1. The predicted molar refractivity (Wildman–Crippen MR) is 81.4 cm³/mol. The molecule has 1 aromatic rings. The van der Waals surface area contributed by atoms with E-state index in [0.29, 0.717) is 22.7 Å². The molecule has 1 aromatic heterocycles. The fourth-order valence-corrected chi connectivity index (χ4v) is 1.94. The second kappa shape index (κ2) is 7.74. The fourth-order valence-electron chi connectivity index (χ4n) is 1.31. The summed E-state index contributed by atoms with van der Waals surface area (Å²) in [5.74, 6) is -1.20. The number of nitrogens with one attached hydrogen (secondary N) is 2. The van der Waals surface area contributed by atoms with Crippen LogP contribution in [-0.4, -0.2) is 46.6 Å². The minimum absolute atomic E-state index is 0.0806. The van der Waals surface area contributed by atoms with Crippen molar-refractivity contribution in [1.82, 2.24) is 10.3 Å². The lowest BCUT2D eigenvalue weighted by Crippen LogP contribution is -2.47. The highest BCUT2D eigenvalue weighted by Gasteiger charge is 2.25. The minimum Gasteiger partial charge on any atom is -0.480 e. The quantitative estimate of drug-likeness (QED) is 0.622. The molecule has 1 rings (SSSR count). The van der Waals surface area contributed by atoms with Crippen LogP contribution in [0.3, 0.4) is 0 Å². The molecule has 1 atom stereocenters. The van der Waals surface area contributed by atoms with Gasteiger partial charge in [0.25, 0.3) is 0 Å². The van der Waals surface area contributed by atoms with Crippen molar-refractivity contribution in [3.8, 4) is 0 Å². The van der Waals surface area contributed by atoms with E-state index in [0.717, 1.165) is 11.3 Å². The zero-order valence-electron chi connectivity index (χ0n) is 12.6. The molecule has 0 saturated carbocycles. The summed E-state index contributed by atoms with van der Waals surface area (Å²) < 4.78 is 5.14. The first-order valence-corrected chi connectivity index (χ1v) is 7.46. The first kappa shape index (κ1) is 17.9. The number of aromatic nitrogens is 1. The van der Waals surface area contributed by atoms with E-state index in [1.807, 2.05) is 6.92 Å². The zero-order chi connectivity index (χ0) is 16.8. The Morgan fingerprint density at radius 1 is 1.55 bits per heavy atom. The summed E-state index contributed by atoms with van der Waals surface area (Å²) in [6, 6.07) is -1.18. The van der Waals surface area contributed by atoms with Crippen LogP contribution >= 0.6 is 11.3 Å². The maximum Gasteiger partial charge on any atom is 0.408 e. The molecule has 8 nitrogen and oxygen atoms in total. The van der Waals surface area contributed by atoms with Gasteiger partial charge in [0.1, 0.15) is 11.6 Å². The molecule has 0 spiro atoms. The number of nitrogens with zero attached hydrogens (tertiary/aromatic N) is 1. The van der Waals surface area contributed by atoms with Gasteiger partial charge in [-0.05, 0) is 20.3 Å². The molecule has 1 heterocycles. The number of thiazole rings is 1. The number of alkyl carbamates (subject to hydrolysis) is 1. The topological polar surface area (TPSA) is 118 Å². The number of hydrogen-bond acceptors (Lipinski definition) is 7. The van der Waals surface area contributed by atoms with Crippen LogP contribution in [-0.2, 0) is 9.53 Å². The molecule has 1 amide bonds. The maximum absolute atomic E-state index is 11.7. The smallest absolute Gasteiger partial charge is 0.408 e. The molecule has 0 aromatic carbocycles. The van der Waals surface area contributed by atoms with Crippen molar-refractivity contribution in [2.75, 3.05) is 11.9 Å². The van der Waals surface area contributed by atoms with Crippen LogP contribution in [0.2, 0.25) is 0 Å². The second-order valence-electron chi connectivity index (χ2n) is 5.10. The summed E-state index contributed by atoms with van der Waals surface area (Å²) in [5.41, 5.74) is -0.672. The molecule has 0 bridgehead atoms. The van der Waals surface area contributed by atoms with Gasteiger partial charge in [0, 0.05) is 6.54 Å². The van der Waals surface area contributed by atoms with E-state index in [-0.39, 0.29) is 6.54 Å². The van der Waals surface area contributed by atoms with Crippen molar-refractivity contribution in [1.29, 1.82) is 0 Å². The number of amides is 1. The first-order valence-electron chi connectivity index (χ1n) is 6.64. The van der Waals surface area contributed by atoms with Gasteiger partial charge in [0.15, 0.2) is 11.4 Å². The number of carboxylic acids is 1. The Morgan fingerprint density at radius 2 is 2.23 bits per heavy atom. The Kier molecular flexibility index (Phi) is 6.29. The lowest BCUT2D eigenvalue weighted by molar-refractivity contribution is -0.139. The maximum atomic E-state index is 11.7. The summed E-state index contributed by atoms with van der Waals surface area (Å²) in [5, 5.41) is 14.6. The molecule has 0 unspecified atom stereocenters. The molecule has 0 aliphatic rings. The molecule has 0 radical (unpaired) electrons. The molecular weight excluding hydrogens is 310 g/mol. The van der Waals surface area contributed by atoms with Gasteiger partial charge < -0.3 is 20.5 Å². The fraction of sp³-hybridized carbons (Fsp3) is 0.538. The zero-order valence-corrected chi connectivity index (χ0v) is 13.4. The van der Waals surface area contributed by atoms with Gasteiger partial charge in [-0.1, -0.05) is 18.3 Å². The number of carbonyl (C=O) groups is 3. The molecule has 0 fully saturated rings. The van der Waals surface area contributed by atoms with Gasteiger partial charge in [0.05, 0.1) is 11.1 Å². The van der Waals surface area contributed by atoms with Crippen molar-refractivity contribution in [2.45, 2.75) is 38.8 Å². The lowest BCUT2D eigenvalue weighted by Gasteiger charge is -2.24. The molecule has 0 aliphatic heterocycles. The average Bonchev–Trinajstić information content (AvgIpc) is 2.90. The third kappa shape index (κ3) is 5.68. The highest BCUT2D eigenvalue weighted by atomic mass is 32.1. The van der Waals surface area contributed by atoms with E-state index < -0.39 is 23.7 Å². The van der Waals surface area contributed by atoms with Crippen molar-refractivity contribution in [2.24, 2.45) is 0 Å². The Labute approximate surface area is 131 Å². The number of aldehydes is 1. The highest BCUT2D eigenvalue weighted by Crippen LogP contribution is 2.16. The van der Waals surface area contributed by atoms with Gasteiger partial charge in [-0.3, -0.25) is 4.79 Å². The SMILES string of the molecule is CCC(C)(C)OC(=O)N[C@@H](CNc1ncc(C=O)s1)C(=O)O. The van der Waals surface area contributed by atoms with E-state index >= 15 is 0 Å². The van der Waals surface area contributed by atoms with Crippen LogP contribution in [0, 0.1) is 0 Å². The van der Waals surface area contributed by atoms with Gasteiger partial charge >= 0.3 is 12.1 Å². The standard InChI is InChI=1S/C13H19N3O5S/c1-4-13(2,3)21-12(20)16-9(10(18)19)6-15-11-14-5-8(7-17)22-11/h5,7,9H,4,6H2,1-3H3,(H,14,15)(H,16,20)(H,18,19)/t9-/m0/s1. The molecule has 122 valence electrons. The number of carboxylic acid groups (broad SMARTS) is 1. The van der Waals surface area contributed by atoms with Crippen LogP contribution in [0.15, 0.2) is 6.20 Å². The second-order valence-corrected chi connectivity index (χ2v) is 6.17. The van der Waals surface area contributed by atoms with Gasteiger partial charge in [-0.15, -0.1) is 0 Å². The number of anilines is 1. The van der Waals surface area contributed by atoms with Crippen LogP contribution in [0.4, 0.5) is 9.93 Å². The molecule has 22 heavy (non-hydrogen) atoms. The molecule has 3 N–H and O–H groups in total. The monoisotopic (exact) mass is 329 g/mol. The summed E-state index contributed by atoms with van der Waals surface area (Å²) in [6.45, 7) is 5.24. The molecule has 9 heteroatoms. The van der Waals surface area contributed by atoms with Crippen molar-refractivity contribution in [3.63, 3.8) is 0 Å². The number of carbonyl (C=O) groups excluding carboxylic acids is 2. The Bertz CT molecular complexity index is 544. The van der Waals surface area contributed by atoms with Gasteiger partial charge in [-0.2, -0.15) is 0 Å². The molecule has 0 saturated heterocycles. The number of hydrogen-bond donors (Lipinski definition) is 3. The minimum atomic E-state index is -1.20. The Morgan fingerprint density at radius 3 is 2.73 bits per heavy atom.